The van der Waals surface area contributed by atoms with Crippen LogP contribution in [0, 0.1) is 18.7 Å². The van der Waals surface area contributed by atoms with Crippen LogP contribution >= 0.6 is 0 Å². The van der Waals surface area contributed by atoms with E-state index >= 15 is 0 Å². The summed E-state index contributed by atoms with van der Waals surface area (Å²) in [6, 6.07) is 6.14. The summed E-state index contributed by atoms with van der Waals surface area (Å²) < 4.78 is 46.7. The molecule has 1 aromatic heterocycles. The molecule has 0 saturated carbocycles. The molecule has 1 unspecified atom stereocenters. The van der Waals surface area contributed by atoms with E-state index in [4.69, 9.17) is 4.52 Å². The van der Waals surface area contributed by atoms with Crippen molar-refractivity contribution in [3.8, 4) is 0 Å². The molecule has 9 heteroatoms. The number of hydrogen-bond donors (Lipinski definition) is 1. The summed E-state index contributed by atoms with van der Waals surface area (Å²) in [5.74, 6) is -0.973. The van der Waals surface area contributed by atoms with E-state index in [1.54, 1.807) is 18.2 Å². The van der Waals surface area contributed by atoms with Crippen LogP contribution in [0.25, 0.3) is 12.2 Å². The van der Waals surface area contributed by atoms with E-state index in [1.807, 2.05) is 0 Å². The number of benzene rings is 1. The fourth-order valence-corrected chi connectivity index (χ4v) is 5.06. The molecule has 1 N–H and O–H groups in total. The average molecular weight is 407 g/mol. The van der Waals surface area contributed by atoms with Gasteiger partial charge in [-0.15, -0.1) is 0 Å². The second kappa shape index (κ2) is 8.24. The molecule has 0 bridgehead atoms. The molecule has 1 fully saturated rings. The lowest BCUT2D eigenvalue weighted by molar-refractivity contribution is -0.125. The van der Waals surface area contributed by atoms with Crippen LogP contribution in [0.5, 0.6) is 0 Å². The van der Waals surface area contributed by atoms with Crippen molar-refractivity contribution in [1.82, 2.24) is 14.8 Å². The van der Waals surface area contributed by atoms with Crippen molar-refractivity contribution in [3.63, 3.8) is 0 Å². The minimum Gasteiger partial charge on any atom is -0.359 e. The third-order valence-electron chi connectivity index (χ3n) is 4.75. The highest BCUT2D eigenvalue weighted by Crippen LogP contribution is 2.29. The normalized spacial score (nSPS) is 18.5. The Balaban J connectivity index is 1.92. The van der Waals surface area contributed by atoms with E-state index in [2.05, 4.69) is 10.5 Å². The Labute approximate surface area is 163 Å². The molecule has 0 aliphatic carbocycles. The Morgan fingerprint density at radius 2 is 2.11 bits per heavy atom. The molecule has 0 radical (unpaired) electrons. The maximum absolute atomic E-state index is 13.8. The first-order chi connectivity index (χ1) is 13.3. The molecule has 7 nitrogen and oxygen atoms in total. The van der Waals surface area contributed by atoms with E-state index in [-0.39, 0.29) is 28.8 Å². The van der Waals surface area contributed by atoms with E-state index < -0.39 is 21.8 Å². The average Bonchev–Trinajstić information content (AvgIpc) is 3.08. The van der Waals surface area contributed by atoms with Crippen molar-refractivity contribution in [1.29, 1.82) is 0 Å². The fraction of sp³-hybridized carbons (Fsp3) is 0.368. The Morgan fingerprint density at radius 3 is 2.82 bits per heavy atom. The SMILES string of the molecule is CNC(=O)C1CCCN(S(=O)(=O)c2c(C)noc2/C=C/c2ccccc2F)C1. The molecule has 1 saturated heterocycles. The third kappa shape index (κ3) is 4.00. The van der Waals surface area contributed by atoms with E-state index in [0.717, 1.165) is 0 Å². The number of hydrogen-bond acceptors (Lipinski definition) is 5. The first-order valence-electron chi connectivity index (χ1n) is 8.95. The van der Waals surface area contributed by atoms with Crippen molar-refractivity contribution >= 4 is 28.1 Å². The third-order valence-corrected chi connectivity index (χ3v) is 6.78. The van der Waals surface area contributed by atoms with Crippen LogP contribution in [-0.2, 0) is 14.8 Å². The molecular formula is C19H22FN3O4S. The summed E-state index contributed by atoms with van der Waals surface area (Å²) in [7, 11) is -2.38. The van der Waals surface area contributed by atoms with Gasteiger partial charge < -0.3 is 9.84 Å². The van der Waals surface area contributed by atoms with E-state index in [0.29, 0.717) is 24.9 Å². The molecule has 3 rings (SSSR count). The predicted octanol–water partition coefficient (Wildman–Crippen LogP) is 2.44. The lowest BCUT2D eigenvalue weighted by Crippen LogP contribution is -2.44. The first-order valence-corrected chi connectivity index (χ1v) is 10.4. The van der Waals surface area contributed by atoms with Crippen LogP contribution < -0.4 is 5.32 Å². The molecule has 28 heavy (non-hydrogen) atoms. The quantitative estimate of drug-likeness (QED) is 0.822. The van der Waals surface area contributed by atoms with Crippen molar-refractivity contribution < 1.29 is 22.1 Å². The number of piperidine rings is 1. The molecule has 1 aliphatic rings. The molecule has 1 atom stereocenters. The van der Waals surface area contributed by atoms with Gasteiger partial charge in [-0.25, -0.2) is 12.8 Å². The number of sulfonamides is 1. The van der Waals surface area contributed by atoms with Gasteiger partial charge in [-0.3, -0.25) is 4.79 Å². The monoisotopic (exact) mass is 407 g/mol. The van der Waals surface area contributed by atoms with Crippen molar-refractivity contribution in [2.75, 3.05) is 20.1 Å². The van der Waals surface area contributed by atoms with Gasteiger partial charge in [-0.2, -0.15) is 4.31 Å². The maximum Gasteiger partial charge on any atom is 0.248 e. The van der Waals surface area contributed by atoms with Crippen LogP contribution in [0.2, 0.25) is 0 Å². The summed E-state index contributed by atoms with van der Waals surface area (Å²) in [5, 5.41) is 6.35. The largest absolute Gasteiger partial charge is 0.359 e. The number of carbonyl (C=O) groups is 1. The van der Waals surface area contributed by atoms with Gasteiger partial charge in [-0.1, -0.05) is 23.4 Å². The molecule has 2 aromatic rings. The first kappa shape index (κ1) is 20.2. The zero-order chi connectivity index (χ0) is 20.3. The maximum atomic E-state index is 13.8. The summed E-state index contributed by atoms with van der Waals surface area (Å²) in [4.78, 5) is 11.9. The second-order valence-electron chi connectivity index (χ2n) is 6.63. The van der Waals surface area contributed by atoms with Gasteiger partial charge in [0.05, 0.1) is 5.92 Å². The molecule has 150 valence electrons. The van der Waals surface area contributed by atoms with Gasteiger partial charge in [0.1, 0.15) is 11.5 Å². The van der Waals surface area contributed by atoms with E-state index in [9.17, 15) is 17.6 Å². The van der Waals surface area contributed by atoms with Crippen LogP contribution in [0.15, 0.2) is 33.7 Å². The topological polar surface area (TPSA) is 92.5 Å². The van der Waals surface area contributed by atoms with E-state index in [1.165, 1.54) is 36.5 Å². The number of amides is 1. The van der Waals surface area contributed by atoms with Crippen LogP contribution in [0.3, 0.4) is 0 Å². The highest BCUT2D eigenvalue weighted by atomic mass is 32.2. The highest BCUT2D eigenvalue weighted by molar-refractivity contribution is 7.89. The summed E-state index contributed by atoms with van der Waals surface area (Å²) >= 11 is 0. The lowest BCUT2D eigenvalue weighted by Gasteiger charge is -2.30. The molecule has 1 aliphatic heterocycles. The zero-order valence-electron chi connectivity index (χ0n) is 15.7. The Morgan fingerprint density at radius 1 is 1.36 bits per heavy atom. The molecular weight excluding hydrogens is 385 g/mol. The van der Waals surface area contributed by atoms with Crippen molar-refractivity contribution in [3.05, 3.63) is 47.1 Å². The number of aromatic nitrogens is 1. The molecule has 2 heterocycles. The number of aryl methyl sites for hydroxylation is 1. The van der Waals surface area contributed by atoms with Crippen molar-refractivity contribution in [2.45, 2.75) is 24.7 Å². The van der Waals surface area contributed by atoms with Gasteiger partial charge in [-0.05, 0) is 38.0 Å². The van der Waals surface area contributed by atoms with Gasteiger partial charge in [0.15, 0.2) is 10.7 Å². The number of nitrogens with one attached hydrogen (secondary N) is 1. The zero-order valence-corrected chi connectivity index (χ0v) is 16.5. The molecule has 1 amide bonds. The summed E-state index contributed by atoms with van der Waals surface area (Å²) in [6.07, 6.45) is 4.06. The number of rotatable bonds is 5. The number of halogens is 1. The van der Waals surface area contributed by atoms with Gasteiger partial charge >= 0.3 is 0 Å². The standard InChI is InChI=1S/C19H22FN3O4S/c1-13-18(17(27-22-13)10-9-14-6-3-4-8-16(14)20)28(25,26)23-11-5-7-15(12-23)19(24)21-2/h3-4,6,8-10,15H,5,7,11-12H2,1-2H3,(H,21,24)/b10-9+. The number of nitrogens with zero attached hydrogens (tertiary/aromatic N) is 2. The Hall–Kier alpha value is -2.52. The van der Waals surface area contributed by atoms with Crippen LogP contribution in [0.4, 0.5) is 4.39 Å². The Kier molecular flexibility index (Phi) is 5.95. The molecule has 0 spiro atoms. The van der Waals surface area contributed by atoms with Crippen LogP contribution in [-0.4, -0.2) is 43.9 Å². The second-order valence-corrected chi connectivity index (χ2v) is 8.51. The minimum atomic E-state index is -3.92. The van der Waals surface area contributed by atoms with Crippen molar-refractivity contribution in [2.24, 2.45) is 5.92 Å². The van der Waals surface area contributed by atoms with Crippen LogP contribution in [0.1, 0.15) is 29.9 Å². The highest BCUT2D eigenvalue weighted by Gasteiger charge is 2.36. The van der Waals surface area contributed by atoms with Gasteiger partial charge in [0.2, 0.25) is 15.9 Å². The fourth-order valence-electron chi connectivity index (χ4n) is 3.28. The Bertz CT molecular complexity index is 1000. The van der Waals surface area contributed by atoms with Gasteiger partial charge in [0, 0.05) is 25.7 Å². The smallest absolute Gasteiger partial charge is 0.248 e. The lowest BCUT2D eigenvalue weighted by atomic mass is 9.99. The summed E-state index contributed by atoms with van der Waals surface area (Å²) in [6.45, 7) is 1.96. The van der Waals surface area contributed by atoms with Gasteiger partial charge in [0.25, 0.3) is 0 Å². The minimum absolute atomic E-state index is 0.0304. The predicted molar refractivity (Wildman–Crippen MR) is 102 cm³/mol. The summed E-state index contributed by atoms with van der Waals surface area (Å²) in [5.41, 5.74) is 0.521. The number of carbonyl (C=O) groups excluding carboxylic acids is 1. The molecule has 1 aromatic carbocycles.